The molecule has 1 aliphatic heterocycles. The maximum atomic E-state index is 12.9. The van der Waals surface area contributed by atoms with E-state index in [0.717, 1.165) is 29.5 Å². The first kappa shape index (κ1) is 19.6. The highest BCUT2D eigenvalue weighted by Gasteiger charge is 2.37. The Balaban J connectivity index is 1.31. The number of aromatic nitrogens is 2. The summed E-state index contributed by atoms with van der Waals surface area (Å²) in [5, 5.41) is 4.05. The Labute approximate surface area is 171 Å². The van der Waals surface area contributed by atoms with Crippen LogP contribution in [0, 0.1) is 26.7 Å². The van der Waals surface area contributed by atoms with Crippen molar-refractivity contribution < 1.29 is 14.1 Å². The van der Waals surface area contributed by atoms with Crippen LogP contribution in [0.3, 0.4) is 0 Å². The van der Waals surface area contributed by atoms with Crippen molar-refractivity contribution >= 4 is 11.8 Å². The summed E-state index contributed by atoms with van der Waals surface area (Å²) in [6.07, 6.45) is 2.59. The third kappa shape index (κ3) is 4.04. The summed E-state index contributed by atoms with van der Waals surface area (Å²) < 4.78 is 5.42. The van der Waals surface area contributed by atoms with Crippen LogP contribution in [0.2, 0.25) is 0 Å². The molecular formula is C22H28N4O3. The molecule has 0 unspecified atom stereocenters. The third-order valence-corrected chi connectivity index (χ3v) is 5.87. The lowest BCUT2D eigenvalue weighted by Gasteiger charge is -2.37. The first-order valence-electron chi connectivity index (χ1n) is 10.3. The van der Waals surface area contributed by atoms with E-state index in [2.05, 4.69) is 10.1 Å². The minimum atomic E-state index is 0.0659. The molecule has 0 radical (unpaired) electrons. The van der Waals surface area contributed by atoms with Crippen LogP contribution in [0.15, 0.2) is 16.7 Å². The van der Waals surface area contributed by atoms with Gasteiger partial charge < -0.3 is 14.3 Å². The molecule has 2 aromatic rings. The molecule has 29 heavy (non-hydrogen) atoms. The summed E-state index contributed by atoms with van der Waals surface area (Å²) in [4.78, 5) is 33.0. The SMILES string of the molecule is Cc1cc(C)c(C(=O)N2CC(c3nc(CCN(C)C(=O)C4CC4)no3)C2)c(C)c1. The number of likely N-dealkylation sites (tertiary alicyclic amines) is 1. The molecule has 1 saturated heterocycles. The average molecular weight is 396 g/mol. The second-order valence-corrected chi connectivity index (χ2v) is 8.51. The number of carbonyl (C=O) groups is 2. The standard InChI is InChI=1S/C22H28N4O3/c1-13-9-14(2)19(15(3)10-13)22(28)26-11-17(12-26)20-23-18(24-29-20)7-8-25(4)21(27)16-5-6-16/h9-10,16-17H,5-8,11-12H2,1-4H3. The number of rotatable bonds is 6. The molecule has 2 fully saturated rings. The number of amides is 2. The normalized spacial score (nSPS) is 16.6. The van der Waals surface area contributed by atoms with Crippen LogP contribution in [0.1, 0.15) is 57.5 Å². The van der Waals surface area contributed by atoms with Gasteiger partial charge in [-0.2, -0.15) is 4.98 Å². The average Bonchev–Trinajstić information content (AvgIpc) is 3.36. The summed E-state index contributed by atoms with van der Waals surface area (Å²) in [6, 6.07) is 4.10. The highest BCUT2D eigenvalue weighted by molar-refractivity contribution is 5.97. The summed E-state index contributed by atoms with van der Waals surface area (Å²) in [7, 11) is 1.83. The van der Waals surface area contributed by atoms with E-state index in [9.17, 15) is 9.59 Å². The van der Waals surface area contributed by atoms with Gasteiger partial charge in [-0.25, -0.2) is 0 Å². The topological polar surface area (TPSA) is 79.5 Å². The zero-order chi connectivity index (χ0) is 20.7. The Kier molecular flexibility index (Phi) is 5.15. The molecule has 7 heteroatoms. The van der Waals surface area contributed by atoms with Gasteiger partial charge in [0.25, 0.3) is 5.91 Å². The van der Waals surface area contributed by atoms with Crippen molar-refractivity contribution in [3.8, 4) is 0 Å². The van der Waals surface area contributed by atoms with Crippen molar-refractivity contribution in [3.05, 3.63) is 46.1 Å². The largest absolute Gasteiger partial charge is 0.345 e. The van der Waals surface area contributed by atoms with Crippen LogP contribution >= 0.6 is 0 Å². The molecule has 2 aliphatic rings. The second kappa shape index (κ2) is 7.61. The summed E-state index contributed by atoms with van der Waals surface area (Å²) in [5.74, 6) is 1.78. The monoisotopic (exact) mass is 396 g/mol. The quantitative estimate of drug-likeness (QED) is 0.750. The van der Waals surface area contributed by atoms with E-state index >= 15 is 0 Å². The Morgan fingerprint density at radius 2 is 1.83 bits per heavy atom. The molecular weight excluding hydrogens is 368 g/mol. The molecule has 154 valence electrons. The lowest BCUT2D eigenvalue weighted by Crippen LogP contribution is -2.49. The van der Waals surface area contributed by atoms with Gasteiger partial charge in [0.2, 0.25) is 11.8 Å². The maximum absolute atomic E-state index is 12.9. The summed E-state index contributed by atoms with van der Waals surface area (Å²) in [5.41, 5.74) is 3.99. The highest BCUT2D eigenvalue weighted by atomic mass is 16.5. The van der Waals surface area contributed by atoms with Crippen molar-refractivity contribution in [1.82, 2.24) is 19.9 Å². The molecule has 1 aromatic heterocycles. The van der Waals surface area contributed by atoms with Crippen LogP contribution in [-0.4, -0.2) is 58.4 Å². The molecule has 0 N–H and O–H groups in total. The van der Waals surface area contributed by atoms with E-state index < -0.39 is 0 Å². The fourth-order valence-electron chi connectivity index (χ4n) is 4.03. The van der Waals surface area contributed by atoms with Crippen LogP contribution in [0.5, 0.6) is 0 Å². The minimum absolute atomic E-state index is 0.0659. The van der Waals surface area contributed by atoms with Crippen molar-refractivity contribution in [1.29, 1.82) is 0 Å². The summed E-state index contributed by atoms with van der Waals surface area (Å²) in [6.45, 7) is 7.79. The third-order valence-electron chi connectivity index (χ3n) is 5.87. The van der Waals surface area contributed by atoms with Crippen molar-refractivity contribution in [2.24, 2.45) is 5.92 Å². The molecule has 1 aromatic carbocycles. The zero-order valence-electron chi connectivity index (χ0n) is 17.6. The number of benzene rings is 1. The molecule has 0 bridgehead atoms. The van der Waals surface area contributed by atoms with Gasteiger partial charge in [0.15, 0.2) is 5.82 Å². The number of hydrogen-bond acceptors (Lipinski definition) is 5. The van der Waals surface area contributed by atoms with E-state index in [4.69, 9.17) is 4.52 Å². The Hall–Kier alpha value is -2.70. The van der Waals surface area contributed by atoms with Gasteiger partial charge in [-0.15, -0.1) is 0 Å². The first-order valence-corrected chi connectivity index (χ1v) is 10.3. The number of likely N-dealkylation sites (N-methyl/N-ethyl adjacent to an activating group) is 1. The molecule has 1 saturated carbocycles. The number of carbonyl (C=O) groups excluding carboxylic acids is 2. The van der Waals surface area contributed by atoms with E-state index in [1.165, 1.54) is 5.56 Å². The molecule has 0 spiro atoms. The van der Waals surface area contributed by atoms with E-state index in [-0.39, 0.29) is 23.7 Å². The predicted octanol–water partition coefficient (Wildman–Crippen LogP) is 2.65. The molecule has 0 atom stereocenters. The van der Waals surface area contributed by atoms with Crippen molar-refractivity contribution in [2.45, 2.75) is 46.0 Å². The number of hydrogen-bond donors (Lipinski definition) is 0. The van der Waals surface area contributed by atoms with Gasteiger partial charge in [0.05, 0.1) is 5.92 Å². The van der Waals surface area contributed by atoms with Gasteiger partial charge in [-0.1, -0.05) is 22.9 Å². The van der Waals surface area contributed by atoms with Crippen LogP contribution in [0.4, 0.5) is 0 Å². The lowest BCUT2D eigenvalue weighted by molar-refractivity contribution is -0.131. The molecule has 7 nitrogen and oxygen atoms in total. The van der Waals surface area contributed by atoms with Gasteiger partial charge >= 0.3 is 0 Å². The summed E-state index contributed by atoms with van der Waals surface area (Å²) >= 11 is 0. The van der Waals surface area contributed by atoms with E-state index in [0.29, 0.717) is 37.8 Å². The molecule has 4 rings (SSSR count). The lowest BCUT2D eigenvalue weighted by atomic mass is 9.94. The second-order valence-electron chi connectivity index (χ2n) is 8.51. The Bertz CT molecular complexity index is 918. The van der Waals surface area contributed by atoms with Crippen LogP contribution in [0.25, 0.3) is 0 Å². The number of aryl methyl sites for hydroxylation is 3. The molecule has 2 heterocycles. The van der Waals surface area contributed by atoms with E-state index in [1.807, 2.05) is 44.9 Å². The Morgan fingerprint density at radius 3 is 2.45 bits per heavy atom. The van der Waals surface area contributed by atoms with Gasteiger partial charge in [0, 0.05) is 44.6 Å². The van der Waals surface area contributed by atoms with Gasteiger partial charge in [0.1, 0.15) is 0 Å². The fraction of sp³-hybridized carbons (Fsp3) is 0.545. The first-order chi connectivity index (χ1) is 13.8. The fourth-order valence-corrected chi connectivity index (χ4v) is 4.03. The molecule has 1 aliphatic carbocycles. The minimum Gasteiger partial charge on any atom is -0.345 e. The number of nitrogens with zero attached hydrogens (tertiary/aromatic N) is 4. The Morgan fingerprint density at radius 1 is 1.17 bits per heavy atom. The van der Waals surface area contributed by atoms with Crippen molar-refractivity contribution in [2.75, 3.05) is 26.7 Å². The van der Waals surface area contributed by atoms with Gasteiger partial charge in [-0.3, -0.25) is 9.59 Å². The van der Waals surface area contributed by atoms with Gasteiger partial charge in [-0.05, 0) is 44.7 Å². The maximum Gasteiger partial charge on any atom is 0.254 e. The highest BCUT2D eigenvalue weighted by Crippen LogP contribution is 2.31. The van der Waals surface area contributed by atoms with Crippen molar-refractivity contribution in [3.63, 3.8) is 0 Å². The predicted molar refractivity (Wildman–Crippen MR) is 108 cm³/mol. The van der Waals surface area contributed by atoms with E-state index in [1.54, 1.807) is 4.90 Å². The zero-order valence-corrected chi connectivity index (χ0v) is 17.6. The van der Waals surface area contributed by atoms with Crippen LogP contribution in [-0.2, 0) is 11.2 Å². The van der Waals surface area contributed by atoms with Crippen LogP contribution < -0.4 is 0 Å². The molecule has 2 amide bonds. The smallest absolute Gasteiger partial charge is 0.254 e.